The SMILES string of the molecule is CN(F)Cl. The smallest absolute Gasteiger partial charge is 0.0347 e. The van der Waals surface area contributed by atoms with E-state index in [-0.39, 0.29) is 4.64 Å². The molecule has 0 saturated heterocycles. The van der Waals surface area contributed by atoms with E-state index in [0.717, 1.165) is 7.05 Å². The van der Waals surface area contributed by atoms with Gasteiger partial charge in [0.05, 0.1) is 0 Å². The zero-order chi connectivity index (χ0) is 3.58. The van der Waals surface area contributed by atoms with Gasteiger partial charge in [0.1, 0.15) is 0 Å². The molecule has 0 aliphatic heterocycles. The molecule has 0 aliphatic carbocycles. The lowest BCUT2D eigenvalue weighted by molar-refractivity contribution is 0.188. The molecular weight excluding hydrogens is 80.5 g/mol. The molecule has 0 rings (SSSR count). The third kappa shape index (κ3) is 93.7. The molecule has 0 spiro atoms. The second-order valence-corrected chi connectivity index (χ2v) is 0.868. The minimum atomic E-state index is -0.0278. The fourth-order valence-electron chi connectivity index (χ4n) is 0. The van der Waals surface area contributed by atoms with Crippen molar-refractivity contribution in [3.05, 3.63) is 0 Å². The molecule has 0 unspecified atom stereocenters. The van der Waals surface area contributed by atoms with Crippen LogP contribution in [-0.2, 0) is 0 Å². The van der Waals surface area contributed by atoms with Gasteiger partial charge in [-0.25, -0.2) is 0 Å². The predicted molar refractivity (Wildman–Crippen MR) is 14.7 cm³/mol. The molecule has 0 aromatic heterocycles. The van der Waals surface area contributed by atoms with E-state index in [1.54, 1.807) is 0 Å². The Hall–Kier alpha value is 0.180. The Labute approximate surface area is 29.0 Å². The van der Waals surface area contributed by atoms with Crippen molar-refractivity contribution in [2.45, 2.75) is 0 Å². The molecule has 0 amide bonds. The maximum atomic E-state index is 10.6. The van der Waals surface area contributed by atoms with Gasteiger partial charge in [0.15, 0.2) is 0 Å². The normalized spacial score (nSPS) is 9.00. The van der Waals surface area contributed by atoms with Crippen LogP contribution in [0.1, 0.15) is 0 Å². The van der Waals surface area contributed by atoms with Crippen LogP contribution in [0.25, 0.3) is 0 Å². The second kappa shape index (κ2) is 1.49. The van der Waals surface area contributed by atoms with Gasteiger partial charge in [-0.1, -0.05) is 4.64 Å². The Kier molecular flexibility index (Phi) is 1.56. The summed E-state index contributed by atoms with van der Waals surface area (Å²) in [6.07, 6.45) is 0. The molecule has 0 fully saturated rings. The summed E-state index contributed by atoms with van der Waals surface area (Å²) in [5, 5.41) is 0. The first kappa shape index (κ1) is 4.18. The van der Waals surface area contributed by atoms with E-state index >= 15 is 0 Å². The third-order valence-electron chi connectivity index (χ3n) is 0. The number of hydrogen-bond donors (Lipinski definition) is 0. The minimum Gasteiger partial charge on any atom is -0.118 e. The van der Waals surface area contributed by atoms with Gasteiger partial charge in [-0.05, 0) is 0 Å². The van der Waals surface area contributed by atoms with E-state index in [1.165, 1.54) is 0 Å². The van der Waals surface area contributed by atoms with Crippen molar-refractivity contribution in [1.29, 1.82) is 0 Å². The molecule has 0 radical (unpaired) electrons. The zero-order valence-electron chi connectivity index (χ0n) is 2.20. The molecule has 26 valence electrons. The van der Waals surface area contributed by atoms with Crippen molar-refractivity contribution in [3.8, 4) is 0 Å². The van der Waals surface area contributed by atoms with Gasteiger partial charge in [0, 0.05) is 18.8 Å². The van der Waals surface area contributed by atoms with Crippen LogP contribution in [0.15, 0.2) is 0 Å². The third-order valence-corrected chi connectivity index (χ3v) is 0. The van der Waals surface area contributed by atoms with E-state index in [2.05, 4.69) is 11.8 Å². The predicted octanol–water partition coefficient (Wildman–Crippen LogP) is 0.957. The van der Waals surface area contributed by atoms with Crippen LogP contribution in [0.2, 0.25) is 0 Å². The van der Waals surface area contributed by atoms with Gasteiger partial charge in [0.2, 0.25) is 0 Å². The van der Waals surface area contributed by atoms with Crippen LogP contribution < -0.4 is 0 Å². The Balaban J connectivity index is 2.32. The van der Waals surface area contributed by atoms with Crippen LogP contribution in [-0.4, -0.2) is 11.7 Å². The lowest BCUT2D eigenvalue weighted by atomic mass is 11.6. The lowest BCUT2D eigenvalue weighted by Crippen LogP contribution is -1.80. The molecule has 4 heavy (non-hydrogen) atoms. The maximum Gasteiger partial charge on any atom is 0.0347 e. The fourth-order valence-corrected chi connectivity index (χ4v) is 0. The first-order valence-electron chi connectivity index (χ1n) is 0.785. The topological polar surface area (TPSA) is 3.24 Å². The average molecular weight is 83.5 g/mol. The number of rotatable bonds is 0. The van der Waals surface area contributed by atoms with Gasteiger partial charge in [-0.15, -0.1) is 4.48 Å². The van der Waals surface area contributed by atoms with Gasteiger partial charge in [-0.2, -0.15) is 0 Å². The van der Waals surface area contributed by atoms with Crippen molar-refractivity contribution in [2.75, 3.05) is 7.05 Å². The standard InChI is InChI=1S/CH3ClFN/c1-4(2)3/h1H3. The molecular formula is CH3ClFN. The second-order valence-electron chi connectivity index (χ2n) is 0.402. The van der Waals surface area contributed by atoms with Gasteiger partial charge >= 0.3 is 0 Å². The quantitative estimate of drug-likeness (QED) is 0.394. The largest absolute Gasteiger partial charge is 0.118 e. The molecule has 0 aliphatic rings. The highest BCUT2D eigenvalue weighted by Crippen LogP contribution is 1.80. The molecule has 0 saturated carbocycles. The molecule has 0 atom stereocenters. The summed E-state index contributed by atoms with van der Waals surface area (Å²) in [5.74, 6) is 0. The van der Waals surface area contributed by atoms with Gasteiger partial charge < -0.3 is 0 Å². The van der Waals surface area contributed by atoms with Gasteiger partial charge in [-0.3, -0.25) is 0 Å². The molecule has 1 nitrogen and oxygen atoms in total. The minimum absolute atomic E-state index is 0.0278. The Morgan fingerprint density at radius 2 is 2.00 bits per heavy atom. The van der Waals surface area contributed by atoms with E-state index in [4.69, 9.17) is 0 Å². The van der Waals surface area contributed by atoms with Crippen LogP contribution in [0.5, 0.6) is 0 Å². The van der Waals surface area contributed by atoms with Crippen LogP contribution in [0, 0.1) is 0 Å². The van der Waals surface area contributed by atoms with Crippen molar-refractivity contribution in [2.24, 2.45) is 0 Å². The number of halogens is 2. The summed E-state index contributed by atoms with van der Waals surface area (Å²) in [5.41, 5.74) is 0. The van der Waals surface area contributed by atoms with Gasteiger partial charge in [0.25, 0.3) is 0 Å². The summed E-state index contributed by atoms with van der Waals surface area (Å²) in [6.45, 7) is 0. The number of nitrogens with zero attached hydrogens (tertiary/aromatic N) is 1. The van der Waals surface area contributed by atoms with Crippen molar-refractivity contribution in [1.82, 2.24) is 4.64 Å². The Morgan fingerprint density at radius 3 is 2.00 bits per heavy atom. The molecule has 0 N–H and O–H groups in total. The molecule has 0 aromatic rings. The average Bonchev–Trinajstić information content (AvgIpc) is 0.811. The Morgan fingerprint density at radius 1 is 2.00 bits per heavy atom. The fraction of sp³-hybridized carbons (Fsp3) is 1.00. The van der Waals surface area contributed by atoms with Crippen molar-refractivity contribution < 1.29 is 4.48 Å². The Bertz CT molecular complexity index is 12.8. The molecule has 3 heteroatoms. The summed E-state index contributed by atoms with van der Waals surface area (Å²) < 4.78 is 10.6. The van der Waals surface area contributed by atoms with E-state index < -0.39 is 0 Å². The van der Waals surface area contributed by atoms with Crippen LogP contribution >= 0.6 is 11.8 Å². The van der Waals surface area contributed by atoms with Crippen molar-refractivity contribution in [3.63, 3.8) is 0 Å². The highest BCUT2D eigenvalue weighted by Gasteiger charge is 1.69. The first-order valence-corrected chi connectivity index (χ1v) is 1.12. The molecule has 0 bridgehead atoms. The van der Waals surface area contributed by atoms with E-state index in [1.807, 2.05) is 0 Å². The summed E-state index contributed by atoms with van der Waals surface area (Å²) in [4.78, 5) is 0. The van der Waals surface area contributed by atoms with Crippen LogP contribution in [0.3, 0.4) is 0 Å². The lowest BCUT2D eigenvalue weighted by Gasteiger charge is -1.77. The highest BCUT2D eigenvalue weighted by atomic mass is 35.5. The zero-order valence-corrected chi connectivity index (χ0v) is 2.96. The van der Waals surface area contributed by atoms with Crippen molar-refractivity contribution >= 4 is 11.8 Å². The number of hydrogen-bond acceptors (Lipinski definition) is 1. The van der Waals surface area contributed by atoms with Crippen LogP contribution in [0.4, 0.5) is 4.48 Å². The summed E-state index contributed by atoms with van der Waals surface area (Å²) >= 11 is 4.44. The molecule has 0 heterocycles. The summed E-state index contributed by atoms with van der Waals surface area (Å²) in [7, 11) is 1.10. The van der Waals surface area contributed by atoms with E-state index in [9.17, 15) is 4.48 Å². The summed E-state index contributed by atoms with van der Waals surface area (Å²) in [6, 6.07) is 0. The maximum absolute atomic E-state index is 10.6. The molecule has 0 aromatic carbocycles. The monoisotopic (exact) mass is 83.0 g/mol. The first-order chi connectivity index (χ1) is 1.73. The highest BCUT2D eigenvalue weighted by molar-refractivity contribution is 6.12. The van der Waals surface area contributed by atoms with E-state index in [0.29, 0.717) is 0 Å².